The van der Waals surface area contributed by atoms with Gasteiger partial charge in [0.15, 0.2) is 13.1 Å². The summed E-state index contributed by atoms with van der Waals surface area (Å²) in [5.41, 5.74) is 1.15. The summed E-state index contributed by atoms with van der Waals surface area (Å²) in [5.74, 6) is 0. The van der Waals surface area contributed by atoms with Gasteiger partial charge in [0.25, 0.3) is 0 Å². The third-order valence-electron chi connectivity index (χ3n) is 6.63. The second-order valence-corrected chi connectivity index (χ2v) is 10.2. The monoisotopic (exact) mass is 518 g/mol. The third kappa shape index (κ3) is 23.5. The maximum Gasteiger partial charge on any atom is 0.188 e. The average Bonchev–Trinajstić information content (AvgIpc) is 2.92. The number of hydrogen-bond donors (Lipinski definition) is 0. The first kappa shape index (κ1) is 33.7. The van der Waals surface area contributed by atoms with Crippen LogP contribution in [0.1, 0.15) is 135 Å². The fourth-order valence-electron chi connectivity index (χ4n) is 4.31. The number of benzene rings is 1. The van der Waals surface area contributed by atoms with Crippen molar-refractivity contribution in [1.29, 1.82) is 0 Å². The summed E-state index contributed by atoms with van der Waals surface area (Å²) in [6.45, 7) is 6.97. The fourth-order valence-corrected chi connectivity index (χ4v) is 4.31. The van der Waals surface area contributed by atoms with Crippen LogP contribution in [0.25, 0.3) is 0 Å². The van der Waals surface area contributed by atoms with Crippen LogP contribution >= 0.6 is 0 Å². The fraction of sp³-hybridized carbons (Fsp3) is 0.758. The molecule has 0 heterocycles. The Bertz CT molecular complexity index is 567. The van der Waals surface area contributed by atoms with Gasteiger partial charge in [-0.3, -0.25) is 0 Å². The molecule has 0 N–H and O–H groups in total. The lowest BCUT2D eigenvalue weighted by Crippen LogP contribution is -2.18. The molecule has 4 nitrogen and oxygen atoms in total. The molecule has 0 aromatic heterocycles. The lowest BCUT2D eigenvalue weighted by Gasteiger charge is -2.18. The van der Waals surface area contributed by atoms with Crippen molar-refractivity contribution < 1.29 is 18.9 Å². The van der Waals surface area contributed by atoms with E-state index in [2.05, 4.69) is 26.0 Å². The van der Waals surface area contributed by atoms with Crippen molar-refractivity contribution in [2.24, 2.45) is 0 Å². The van der Waals surface area contributed by atoms with Crippen LogP contribution in [0.5, 0.6) is 0 Å². The van der Waals surface area contributed by atoms with E-state index in [-0.39, 0.29) is 13.1 Å². The minimum Gasteiger partial charge on any atom is -0.475 e. The molecule has 1 aromatic carbocycles. The van der Waals surface area contributed by atoms with Crippen LogP contribution in [0.4, 0.5) is 0 Å². The maximum atomic E-state index is 6.13. The van der Waals surface area contributed by atoms with Gasteiger partial charge in [0.2, 0.25) is 0 Å². The van der Waals surface area contributed by atoms with Crippen LogP contribution in [-0.2, 0) is 25.6 Å². The van der Waals surface area contributed by atoms with Gasteiger partial charge in [0.05, 0.1) is 12.9 Å². The normalized spacial score (nSPS) is 11.6. The van der Waals surface area contributed by atoms with Crippen LogP contribution in [-0.4, -0.2) is 26.3 Å². The Morgan fingerprint density at radius 3 is 1.70 bits per heavy atom. The Morgan fingerprint density at radius 2 is 1.16 bits per heavy atom. The van der Waals surface area contributed by atoms with E-state index in [4.69, 9.17) is 18.9 Å². The number of ether oxygens (including phenoxy) is 4. The molecule has 0 atom stereocenters. The van der Waals surface area contributed by atoms with Gasteiger partial charge in [-0.2, -0.15) is 0 Å². The van der Waals surface area contributed by atoms with Gasteiger partial charge >= 0.3 is 0 Å². The first-order chi connectivity index (χ1) is 18.4. The zero-order valence-corrected chi connectivity index (χ0v) is 24.3. The van der Waals surface area contributed by atoms with E-state index in [1.165, 1.54) is 89.9 Å². The van der Waals surface area contributed by atoms with Gasteiger partial charge < -0.3 is 18.9 Å². The van der Waals surface area contributed by atoms with E-state index in [9.17, 15) is 0 Å². The molecule has 0 fully saturated rings. The van der Waals surface area contributed by atoms with Gasteiger partial charge in [0, 0.05) is 19.6 Å². The molecule has 4 heteroatoms. The molecule has 0 bridgehead atoms. The molecule has 0 unspecified atom stereocenters. The number of rotatable bonds is 28. The first-order valence-corrected chi connectivity index (χ1v) is 15.5. The van der Waals surface area contributed by atoms with E-state index < -0.39 is 0 Å². The number of unbranched alkanes of at least 4 members (excludes halogenated alkanes) is 14. The summed E-state index contributed by atoms with van der Waals surface area (Å²) in [6, 6.07) is 10.1. The van der Waals surface area contributed by atoms with Crippen molar-refractivity contribution >= 4 is 0 Å². The summed E-state index contributed by atoms with van der Waals surface area (Å²) >= 11 is 0. The summed E-state index contributed by atoms with van der Waals surface area (Å²) in [7, 11) is 0. The maximum absolute atomic E-state index is 6.13. The molecular weight excluding hydrogens is 460 g/mol. The quantitative estimate of drug-likeness (QED) is 0.0628. The minimum absolute atomic E-state index is 0.118. The molecule has 0 saturated carbocycles. The van der Waals surface area contributed by atoms with E-state index in [0.29, 0.717) is 6.61 Å². The minimum atomic E-state index is -0.118. The summed E-state index contributed by atoms with van der Waals surface area (Å²) in [6.07, 6.45) is 26.4. The van der Waals surface area contributed by atoms with Crippen molar-refractivity contribution in [1.82, 2.24) is 0 Å². The van der Waals surface area contributed by atoms with E-state index >= 15 is 0 Å². The van der Waals surface area contributed by atoms with Crippen molar-refractivity contribution in [2.45, 2.75) is 142 Å². The van der Waals surface area contributed by atoms with Crippen LogP contribution in [0.15, 0.2) is 42.7 Å². The molecular formula is C33H58O4. The summed E-state index contributed by atoms with van der Waals surface area (Å²) in [4.78, 5) is 0. The molecule has 0 aliphatic rings. The molecule has 0 spiro atoms. The van der Waals surface area contributed by atoms with E-state index in [1.54, 1.807) is 6.26 Å². The van der Waals surface area contributed by atoms with Gasteiger partial charge in [-0.15, -0.1) is 0 Å². The van der Waals surface area contributed by atoms with Crippen LogP contribution in [0.2, 0.25) is 0 Å². The first-order valence-electron chi connectivity index (χ1n) is 15.5. The third-order valence-corrected chi connectivity index (χ3v) is 6.63. The predicted molar refractivity (Wildman–Crippen MR) is 156 cm³/mol. The highest BCUT2D eigenvalue weighted by atomic mass is 16.7. The van der Waals surface area contributed by atoms with E-state index in [0.717, 1.165) is 44.5 Å². The number of hydrogen-bond acceptors (Lipinski definition) is 4. The van der Waals surface area contributed by atoms with Crippen molar-refractivity contribution in [2.75, 3.05) is 20.0 Å². The summed E-state index contributed by atoms with van der Waals surface area (Å²) < 4.78 is 23.3. The van der Waals surface area contributed by atoms with Crippen LogP contribution in [0.3, 0.4) is 0 Å². The topological polar surface area (TPSA) is 36.9 Å². The molecule has 0 aliphatic carbocycles. The average molecular weight is 519 g/mol. The summed E-state index contributed by atoms with van der Waals surface area (Å²) in [5, 5.41) is 0. The highest BCUT2D eigenvalue weighted by Crippen LogP contribution is 2.13. The lowest BCUT2D eigenvalue weighted by molar-refractivity contribution is -0.146. The van der Waals surface area contributed by atoms with Crippen molar-refractivity contribution in [3.63, 3.8) is 0 Å². The largest absolute Gasteiger partial charge is 0.475 e. The van der Waals surface area contributed by atoms with Gasteiger partial charge in [-0.1, -0.05) is 134 Å². The second-order valence-electron chi connectivity index (χ2n) is 10.2. The molecule has 214 valence electrons. The number of allylic oxidation sites excluding steroid dienone is 1. The van der Waals surface area contributed by atoms with E-state index in [1.807, 2.05) is 24.3 Å². The highest BCUT2D eigenvalue weighted by Gasteiger charge is 2.08. The Kier molecular flexibility index (Phi) is 25.2. The van der Waals surface area contributed by atoms with Crippen LogP contribution in [0, 0.1) is 0 Å². The lowest BCUT2D eigenvalue weighted by atomic mass is 10.1. The molecule has 0 amide bonds. The van der Waals surface area contributed by atoms with Gasteiger partial charge in [-0.25, -0.2) is 0 Å². The second kappa shape index (κ2) is 27.7. The highest BCUT2D eigenvalue weighted by molar-refractivity contribution is 5.13. The van der Waals surface area contributed by atoms with Gasteiger partial charge in [0.1, 0.15) is 0 Å². The van der Waals surface area contributed by atoms with Crippen LogP contribution < -0.4 is 0 Å². The molecule has 37 heavy (non-hydrogen) atoms. The molecule has 1 rings (SSSR count). The predicted octanol–water partition coefficient (Wildman–Crippen LogP) is 10.1. The Labute approximate surface area is 229 Å². The molecule has 0 radical (unpaired) electrons. The Balaban J connectivity index is 2.15. The Morgan fingerprint density at radius 1 is 0.649 bits per heavy atom. The molecule has 0 aliphatic heterocycles. The standard InChI is InChI=1S/C33H58O4/c1-3-5-7-9-11-13-15-21-28-36-33(37-29-22-16-14-12-10-8-6-4-2)26-20-23-27-34-31-35-30-32-24-18-17-19-25-32/h17-19,23-25,27,33H,3-16,20-22,26,28-31H2,1-2H3. The zero-order valence-electron chi connectivity index (χ0n) is 24.3. The zero-order chi connectivity index (χ0) is 26.5. The van der Waals surface area contributed by atoms with Crippen molar-refractivity contribution in [3.05, 3.63) is 48.2 Å². The van der Waals surface area contributed by atoms with Crippen molar-refractivity contribution in [3.8, 4) is 0 Å². The molecule has 1 aromatic rings. The SMILES string of the molecule is CCCCCCCCCCOC(CCC=COCOCc1ccccc1)OCCCCCCCCCC. The Hall–Kier alpha value is -1.36. The van der Waals surface area contributed by atoms with Gasteiger partial charge in [-0.05, 0) is 30.9 Å². The molecule has 0 saturated heterocycles. The smallest absolute Gasteiger partial charge is 0.188 e.